The highest BCUT2D eigenvalue weighted by atomic mass is 16.2. The molecule has 0 bridgehead atoms. The predicted octanol–water partition coefficient (Wildman–Crippen LogP) is 2.53. The molecule has 0 aliphatic carbocycles. The van der Waals surface area contributed by atoms with Crippen LogP contribution in [0.1, 0.15) is 57.0 Å². The monoisotopic (exact) mass is 359 g/mol. The summed E-state index contributed by atoms with van der Waals surface area (Å²) in [7, 11) is 0. The van der Waals surface area contributed by atoms with Crippen molar-refractivity contribution in [2.45, 2.75) is 58.8 Å². The number of rotatable bonds is 7. The average Bonchev–Trinajstić information content (AvgIpc) is 2.63. The first-order valence-corrected chi connectivity index (χ1v) is 10.2. The van der Waals surface area contributed by atoms with Crippen molar-refractivity contribution < 1.29 is 4.79 Å². The van der Waals surface area contributed by atoms with Gasteiger partial charge in [0.25, 0.3) is 0 Å². The second kappa shape index (κ2) is 8.80. The lowest BCUT2D eigenvalue weighted by molar-refractivity contribution is -0.138. The minimum absolute atomic E-state index is 0.304. The number of hydrogen-bond donors (Lipinski definition) is 2. The predicted molar refractivity (Wildman–Crippen MR) is 104 cm³/mol. The van der Waals surface area contributed by atoms with Gasteiger partial charge in [0.1, 0.15) is 11.6 Å². The molecule has 144 valence electrons. The molecule has 6 heteroatoms. The third kappa shape index (κ3) is 4.93. The maximum absolute atomic E-state index is 12.3. The van der Waals surface area contributed by atoms with E-state index in [0.717, 1.165) is 75.7 Å². The molecule has 3 heterocycles. The Bertz CT molecular complexity index is 612. The highest BCUT2D eigenvalue weighted by Crippen LogP contribution is 2.38. The van der Waals surface area contributed by atoms with Crippen molar-refractivity contribution >= 4 is 11.7 Å². The molecule has 26 heavy (non-hydrogen) atoms. The number of carbonyl (C=O) groups excluding carboxylic acids is 1. The lowest BCUT2D eigenvalue weighted by Crippen LogP contribution is -2.51. The number of aromatic nitrogens is 2. The Hall–Kier alpha value is -1.69. The number of amides is 1. The van der Waals surface area contributed by atoms with E-state index < -0.39 is 0 Å². The summed E-state index contributed by atoms with van der Waals surface area (Å²) >= 11 is 0. The minimum Gasteiger partial charge on any atom is -0.368 e. The van der Waals surface area contributed by atoms with Crippen molar-refractivity contribution in [3.8, 4) is 0 Å². The zero-order valence-electron chi connectivity index (χ0n) is 16.3. The first-order valence-electron chi connectivity index (χ1n) is 10.2. The molecule has 2 saturated heterocycles. The van der Waals surface area contributed by atoms with Gasteiger partial charge in [-0.2, -0.15) is 0 Å². The Labute approximate surface area is 157 Å². The number of likely N-dealkylation sites (tertiary alicyclic amines) is 1. The highest BCUT2D eigenvalue weighted by Gasteiger charge is 2.39. The summed E-state index contributed by atoms with van der Waals surface area (Å²) in [5.41, 5.74) is 1.34. The van der Waals surface area contributed by atoms with Crippen LogP contribution in [-0.2, 0) is 11.2 Å². The van der Waals surface area contributed by atoms with E-state index in [1.165, 1.54) is 12.8 Å². The topological polar surface area (TPSA) is 70.2 Å². The molecule has 3 rings (SSSR count). The first-order chi connectivity index (χ1) is 12.6. The van der Waals surface area contributed by atoms with Crippen molar-refractivity contribution in [2.24, 2.45) is 5.41 Å². The molecule has 0 saturated carbocycles. The number of anilines is 1. The lowest BCUT2D eigenvalue weighted by Gasteiger charge is -2.45. The van der Waals surface area contributed by atoms with Crippen LogP contribution in [0.15, 0.2) is 6.07 Å². The summed E-state index contributed by atoms with van der Waals surface area (Å²) in [6, 6.07) is 1.99. The molecule has 1 spiro atoms. The third-order valence-corrected chi connectivity index (χ3v) is 5.75. The van der Waals surface area contributed by atoms with Gasteiger partial charge < -0.3 is 15.5 Å². The van der Waals surface area contributed by atoms with Crippen LogP contribution < -0.4 is 10.6 Å². The number of nitrogens with zero attached hydrogens (tertiary/aromatic N) is 3. The Morgan fingerprint density at radius 3 is 2.85 bits per heavy atom. The SMILES string of the molecule is CCCCc1nc(C)cc(NCCN2CC3(CCNCC3)CCC2=O)n1. The van der Waals surface area contributed by atoms with Crippen molar-refractivity contribution in [1.82, 2.24) is 20.2 Å². The quantitative estimate of drug-likeness (QED) is 0.783. The fourth-order valence-electron chi connectivity index (χ4n) is 4.16. The molecule has 0 atom stereocenters. The molecule has 2 N–H and O–H groups in total. The molecule has 1 aromatic heterocycles. The van der Waals surface area contributed by atoms with E-state index in [2.05, 4.69) is 32.4 Å². The molecule has 6 nitrogen and oxygen atoms in total. The van der Waals surface area contributed by atoms with Gasteiger partial charge in [0.2, 0.25) is 5.91 Å². The van der Waals surface area contributed by atoms with Crippen molar-refractivity contribution in [2.75, 3.05) is 38.0 Å². The Balaban J connectivity index is 1.53. The van der Waals surface area contributed by atoms with Gasteiger partial charge in [0.15, 0.2) is 0 Å². The third-order valence-electron chi connectivity index (χ3n) is 5.75. The summed E-state index contributed by atoms with van der Waals surface area (Å²) < 4.78 is 0. The maximum atomic E-state index is 12.3. The van der Waals surface area contributed by atoms with E-state index >= 15 is 0 Å². The van der Waals surface area contributed by atoms with E-state index in [1.54, 1.807) is 0 Å². The molecule has 2 aliphatic heterocycles. The molecular formula is C20H33N5O. The number of unbranched alkanes of at least 4 members (excludes halogenated alkanes) is 1. The standard InChI is InChI=1S/C20H33N5O/c1-3-4-5-17-23-16(2)14-18(24-17)22-12-13-25-15-20(7-6-19(25)26)8-10-21-11-9-20/h14,21H,3-13,15H2,1-2H3,(H,22,23,24). The molecule has 0 radical (unpaired) electrons. The summed E-state index contributed by atoms with van der Waals surface area (Å²) in [5.74, 6) is 2.10. The number of carbonyl (C=O) groups is 1. The van der Waals surface area contributed by atoms with Crippen LogP contribution in [0.25, 0.3) is 0 Å². The van der Waals surface area contributed by atoms with Crippen molar-refractivity contribution in [3.63, 3.8) is 0 Å². The van der Waals surface area contributed by atoms with Gasteiger partial charge in [-0.1, -0.05) is 13.3 Å². The second-order valence-corrected chi connectivity index (χ2v) is 7.91. The fourth-order valence-corrected chi connectivity index (χ4v) is 4.16. The van der Waals surface area contributed by atoms with Gasteiger partial charge in [-0.05, 0) is 51.1 Å². The highest BCUT2D eigenvalue weighted by molar-refractivity contribution is 5.77. The maximum Gasteiger partial charge on any atom is 0.222 e. The van der Waals surface area contributed by atoms with Crippen LogP contribution in [0.5, 0.6) is 0 Å². The number of aryl methyl sites for hydroxylation is 2. The Morgan fingerprint density at radius 1 is 1.27 bits per heavy atom. The van der Waals surface area contributed by atoms with Gasteiger partial charge in [-0.15, -0.1) is 0 Å². The van der Waals surface area contributed by atoms with Gasteiger partial charge in [0.05, 0.1) is 0 Å². The van der Waals surface area contributed by atoms with E-state index in [9.17, 15) is 4.79 Å². The number of nitrogens with one attached hydrogen (secondary N) is 2. The van der Waals surface area contributed by atoms with Gasteiger partial charge in [-0.25, -0.2) is 9.97 Å². The zero-order valence-corrected chi connectivity index (χ0v) is 16.3. The molecule has 1 amide bonds. The second-order valence-electron chi connectivity index (χ2n) is 7.91. The van der Waals surface area contributed by atoms with Crippen LogP contribution in [0, 0.1) is 12.3 Å². The summed E-state index contributed by atoms with van der Waals surface area (Å²) in [6.45, 7) is 8.77. The van der Waals surface area contributed by atoms with E-state index in [-0.39, 0.29) is 0 Å². The first kappa shape index (κ1) is 19.1. The van der Waals surface area contributed by atoms with E-state index in [4.69, 9.17) is 0 Å². The largest absolute Gasteiger partial charge is 0.368 e. The molecule has 2 aliphatic rings. The van der Waals surface area contributed by atoms with Gasteiger partial charge in [0, 0.05) is 44.2 Å². The van der Waals surface area contributed by atoms with Crippen LogP contribution in [0.3, 0.4) is 0 Å². The Morgan fingerprint density at radius 2 is 2.08 bits per heavy atom. The van der Waals surface area contributed by atoms with Gasteiger partial charge >= 0.3 is 0 Å². The van der Waals surface area contributed by atoms with Crippen molar-refractivity contribution in [3.05, 3.63) is 17.6 Å². The fraction of sp³-hybridized carbons (Fsp3) is 0.750. The van der Waals surface area contributed by atoms with Crippen LogP contribution >= 0.6 is 0 Å². The summed E-state index contributed by atoms with van der Waals surface area (Å²) in [5, 5.41) is 6.85. The molecule has 2 fully saturated rings. The molecule has 0 aromatic carbocycles. The summed E-state index contributed by atoms with van der Waals surface area (Å²) in [4.78, 5) is 23.5. The number of piperidine rings is 2. The average molecular weight is 360 g/mol. The molecular weight excluding hydrogens is 326 g/mol. The smallest absolute Gasteiger partial charge is 0.222 e. The van der Waals surface area contributed by atoms with Gasteiger partial charge in [-0.3, -0.25) is 4.79 Å². The van der Waals surface area contributed by atoms with Crippen molar-refractivity contribution in [1.29, 1.82) is 0 Å². The molecule has 0 unspecified atom stereocenters. The zero-order chi connectivity index (χ0) is 18.4. The van der Waals surface area contributed by atoms with E-state index in [1.807, 2.05) is 13.0 Å². The van der Waals surface area contributed by atoms with E-state index in [0.29, 0.717) is 17.7 Å². The molecule has 1 aromatic rings. The van der Waals surface area contributed by atoms with Crippen LogP contribution in [0.4, 0.5) is 5.82 Å². The van der Waals surface area contributed by atoms with Crippen LogP contribution in [0.2, 0.25) is 0 Å². The van der Waals surface area contributed by atoms with Crippen LogP contribution in [-0.4, -0.2) is 53.5 Å². The lowest BCUT2D eigenvalue weighted by atomic mass is 9.73. The summed E-state index contributed by atoms with van der Waals surface area (Å²) in [6.07, 6.45) is 7.33. The normalized spacial score (nSPS) is 19.8. The number of hydrogen-bond acceptors (Lipinski definition) is 5. The minimum atomic E-state index is 0.304. The Kier molecular flexibility index (Phi) is 6.46.